The van der Waals surface area contributed by atoms with Gasteiger partial charge in [0.05, 0.1) is 0 Å². The molecule has 0 aromatic rings. The first-order chi connectivity index (χ1) is 6.00. The first kappa shape index (κ1) is 37.5. The molecule has 0 fully saturated rings. The summed E-state index contributed by atoms with van der Waals surface area (Å²) >= 11 is -18.1. The topological polar surface area (TPSA) is 241 Å². The second-order valence-electron chi connectivity index (χ2n) is 1.22. The SMILES string of the molecule is O=[Te](=O)([O-])[O-].O=[Te](=O)([O-])[O-].O=[Te](=O)([O-])[O-].[Er+3].[Er+3].[F]. The van der Waals surface area contributed by atoms with E-state index in [0.29, 0.717) is 0 Å². The molecule has 0 rings (SSSR count). The first-order valence-corrected chi connectivity index (χ1v) is 13.4. The Labute approximate surface area is 171 Å². The Morgan fingerprint density at radius 3 is 0.444 bits per heavy atom. The van der Waals surface area contributed by atoms with Gasteiger partial charge in [-0.3, -0.25) is 0 Å². The van der Waals surface area contributed by atoms with Crippen molar-refractivity contribution in [1.82, 2.24) is 0 Å². The summed E-state index contributed by atoms with van der Waals surface area (Å²) in [5.41, 5.74) is 0. The van der Waals surface area contributed by atoms with Gasteiger partial charge in [0.2, 0.25) is 0 Å². The van der Waals surface area contributed by atoms with Gasteiger partial charge in [-0.15, -0.1) is 0 Å². The number of rotatable bonds is 0. The molecule has 12 nitrogen and oxygen atoms in total. The number of hydrogen-bond donors (Lipinski definition) is 0. The average molecular weight is 928 g/mol. The zero-order chi connectivity index (χ0) is 13.5. The van der Waals surface area contributed by atoms with Crippen molar-refractivity contribution in [2.24, 2.45) is 0 Å². The maximum atomic E-state index is 8.63. The maximum absolute atomic E-state index is 8.63. The van der Waals surface area contributed by atoms with Crippen molar-refractivity contribution < 1.29 is 119 Å². The molecule has 0 saturated heterocycles. The quantitative estimate of drug-likeness (QED) is 0.206. The molecule has 0 aliphatic carbocycles. The largest absolute Gasteiger partial charge is 3.00 e. The third-order valence-electron chi connectivity index (χ3n) is 0. The van der Waals surface area contributed by atoms with Gasteiger partial charge >= 0.3 is 171 Å². The van der Waals surface area contributed by atoms with Crippen LogP contribution in [0.25, 0.3) is 0 Å². The molecule has 0 unspecified atom stereocenters. The molecular weight excluding hydrogens is 928 g/mol. The third-order valence-corrected chi connectivity index (χ3v) is 0. The predicted octanol–water partition coefficient (Wildman–Crippen LogP) is -8.57. The summed E-state index contributed by atoms with van der Waals surface area (Å²) in [6.07, 6.45) is 0. The summed E-state index contributed by atoms with van der Waals surface area (Å²) in [6.45, 7) is 0. The summed E-state index contributed by atoms with van der Waals surface area (Å²) in [6, 6.07) is 0. The van der Waals surface area contributed by atoms with Crippen molar-refractivity contribution in [3.63, 3.8) is 0 Å². The van der Waals surface area contributed by atoms with E-state index in [-0.39, 0.29) is 79.3 Å². The molecular formula is Er2FO12Te3. The molecule has 0 saturated carbocycles. The minimum atomic E-state index is -6.02. The summed E-state index contributed by atoms with van der Waals surface area (Å²) in [7, 11) is 0. The van der Waals surface area contributed by atoms with Gasteiger partial charge < -0.3 is 0 Å². The molecule has 0 heterocycles. The van der Waals surface area contributed by atoms with Crippen molar-refractivity contribution in [2.45, 2.75) is 0 Å². The standard InChI is InChI=1S/2Er.F.3H2O4Te/c;;;3*1-5(2,3)4/h;;;3*(H2,1,2,3,4)/q2*+3;;;;/p-6. The van der Waals surface area contributed by atoms with Gasteiger partial charge in [0.1, 0.15) is 0 Å². The van der Waals surface area contributed by atoms with Crippen LogP contribution in [-0.4, -0.2) is 56.9 Å². The van der Waals surface area contributed by atoms with Crippen LogP contribution in [0.5, 0.6) is 0 Å². The Hall–Kier alpha value is 3.35. The van der Waals surface area contributed by atoms with Crippen LogP contribution in [0.15, 0.2) is 0 Å². The molecule has 3 radical (unpaired) electrons. The van der Waals surface area contributed by atoms with Gasteiger partial charge in [0, 0.05) is 4.70 Å². The van der Waals surface area contributed by atoms with E-state index in [2.05, 4.69) is 0 Å². The fourth-order valence-corrected chi connectivity index (χ4v) is 0. The van der Waals surface area contributed by atoms with Gasteiger partial charge in [-0.1, -0.05) is 0 Å². The molecule has 0 N–H and O–H groups in total. The van der Waals surface area contributed by atoms with Crippen LogP contribution in [0, 0.1) is 74.6 Å². The Bertz CT molecular complexity index is 346. The van der Waals surface area contributed by atoms with E-state index in [1.807, 2.05) is 0 Å². The molecule has 18 heavy (non-hydrogen) atoms. The van der Waals surface area contributed by atoms with Gasteiger partial charge in [-0.25, -0.2) is 0 Å². The molecule has 0 spiro atoms. The van der Waals surface area contributed by atoms with Crippen LogP contribution in [0.4, 0.5) is 4.70 Å². The van der Waals surface area contributed by atoms with Crippen LogP contribution in [0.2, 0.25) is 0 Å². The Kier molecular flexibility index (Phi) is 34.9. The van der Waals surface area contributed by atoms with Crippen molar-refractivity contribution >= 4 is 56.9 Å². The molecule has 0 aliphatic heterocycles. The minimum Gasteiger partial charge on any atom is 0 e. The van der Waals surface area contributed by atoms with Crippen molar-refractivity contribution in [1.29, 1.82) is 0 Å². The monoisotopic (exact) mass is 933 g/mol. The van der Waals surface area contributed by atoms with Crippen LogP contribution in [0.1, 0.15) is 0 Å². The summed E-state index contributed by atoms with van der Waals surface area (Å²) < 4.78 is 104. The molecule has 121 valence electrons. The zero-order valence-corrected chi connectivity index (χ0v) is 17.8. The molecule has 0 aliphatic rings. The van der Waals surface area contributed by atoms with E-state index in [1.165, 1.54) is 0 Å². The van der Waals surface area contributed by atoms with E-state index >= 15 is 0 Å². The maximum Gasteiger partial charge on any atom is 3.00 e. The van der Waals surface area contributed by atoms with Crippen molar-refractivity contribution in [2.75, 3.05) is 0 Å². The van der Waals surface area contributed by atoms with Crippen molar-refractivity contribution in [3.05, 3.63) is 0 Å². The van der Waals surface area contributed by atoms with Crippen LogP contribution < -0.4 is 20.8 Å². The third kappa shape index (κ3) is 580. The number of hydrogen-bond acceptors (Lipinski definition) is 12. The van der Waals surface area contributed by atoms with Gasteiger partial charge in [0.25, 0.3) is 0 Å². The second kappa shape index (κ2) is 16.7. The summed E-state index contributed by atoms with van der Waals surface area (Å²) in [4.78, 5) is 0. The minimum absolute atomic E-state index is 0. The van der Waals surface area contributed by atoms with E-state index in [0.717, 1.165) is 0 Å². The van der Waals surface area contributed by atoms with Crippen LogP contribution >= 0.6 is 0 Å². The molecule has 0 aromatic carbocycles. The smallest absolute Gasteiger partial charge is 0 e. The van der Waals surface area contributed by atoms with Crippen LogP contribution in [-0.2, 0) is 18.6 Å². The fraction of sp³-hybridized carbons (Fsp3) is 0. The van der Waals surface area contributed by atoms with Gasteiger partial charge in [0.15, 0.2) is 0 Å². The van der Waals surface area contributed by atoms with Gasteiger partial charge in [-0.05, 0) is 0 Å². The Morgan fingerprint density at radius 1 is 0.444 bits per heavy atom. The van der Waals surface area contributed by atoms with E-state index < -0.39 is 56.9 Å². The predicted molar refractivity (Wildman–Crippen MR) is 22.5 cm³/mol. The van der Waals surface area contributed by atoms with E-state index in [4.69, 9.17) is 39.5 Å². The van der Waals surface area contributed by atoms with Crippen molar-refractivity contribution in [3.8, 4) is 0 Å². The van der Waals surface area contributed by atoms with Gasteiger partial charge in [-0.2, -0.15) is 0 Å². The van der Waals surface area contributed by atoms with E-state index in [9.17, 15) is 0 Å². The molecule has 0 bridgehead atoms. The average Bonchev–Trinajstić information content (AvgIpc) is 1.41. The molecule has 0 aromatic heterocycles. The Morgan fingerprint density at radius 2 is 0.444 bits per heavy atom. The van der Waals surface area contributed by atoms with Crippen LogP contribution in [0.3, 0.4) is 0 Å². The molecule has 0 amide bonds. The normalized spacial score (nSPS) is 9.67. The zero-order valence-electron chi connectivity index (χ0n) is 7.08. The van der Waals surface area contributed by atoms with E-state index in [1.54, 1.807) is 0 Å². The number of halogens is 1. The fourth-order valence-electron chi connectivity index (χ4n) is 0. The molecule has 0 atom stereocenters. The Balaban J connectivity index is -0.0000000277. The second-order valence-corrected chi connectivity index (χ2v) is 8.22. The summed E-state index contributed by atoms with van der Waals surface area (Å²) in [5.74, 6) is 0. The molecule has 18 heteroatoms. The summed E-state index contributed by atoms with van der Waals surface area (Å²) in [5, 5.41) is 0. The first-order valence-electron chi connectivity index (χ1n) is 2.00.